The Morgan fingerprint density at radius 1 is 1.09 bits per heavy atom. The number of benzene rings is 1. The first-order valence-corrected chi connectivity index (χ1v) is 7.47. The van der Waals surface area contributed by atoms with Crippen LogP contribution in [0.25, 0.3) is 0 Å². The second-order valence-corrected chi connectivity index (χ2v) is 5.27. The summed E-state index contributed by atoms with van der Waals surface area (Å²) in [6.07, 6.45) is 0. The molecule has 0 radical (unpaired) electrons. The maximum atomic E-state index is 12.1. The average Bonchev–Trinajstić information content (AvgIpc) is 2.59. The van der Waals surface area contributed by atoms with Crippen LogP contribution in [0, 0.1) is 0 Å². The molecule has 7 heteroatoms. The second kappa shape index (κ2) is 7.62. The standard InChI is InChI=1S/C16H21N3O4/c1-12(20)18-7-9-19(10-8-18)15(21)11-17-16(22)13-5-3-4-6-14(13)23-2/h3-6H,7-11H2,1-2H3,(H,17,22). The largest absolute Gasteiger partial charge is 0.496 e. The number of methoxy groups -OCH3 is 1. The van der Waals surface area contributed by atoms with Gasteiger partial charge >= 0.3 is 0 Å². The minimum atomic E-state index is -0.349. The summed E-state index contributed by atoms with van der Waals surface area (Å²) in [5.41, 5.74) is 0.393. The molecule has 1 aromatic rings. The lowest BCUT2D eigenvalue weighted by atomic mass is 10.2. The third-order valence-electron chi connectivity index (χ3n) is 3.83. The highest BCUT2D eigenvalue weighted by atomic mass is 16.5. The molecule has 0 aromatic heterocycles. The van der Waals surface area contributed by atoms with Crippen molar-refractivity contribution in [1.29, 1.82) is 0 Å². The zero-order chi connectivity index (χ0) is 16.8. The van der Waals surface area contributed by atoms with Gasteiger partial charge in [0.1, 0.15) is 5.75 Å². The van der Waals surface area contributed by atoms with Crippen molar-refractivity contribution in [3.05, 3.63) is 29.8 Å². The lowest BCUT2D eigenvalue weighted by molar-refractivity contribution is -0.137. The molecule has 0 atom stereocenters. The molecule has 1 fully saturated rings. The third-order valence-corrected chi connectivity index (χ3v) is 3.83. The molecule has 0 spiro atoms. The van der Waals surface area contributed by atoms with E-state index in [4.69, 9.17) is 4.74 Å². The van der Waals surface area contributed by atoms with Gasteiger partial charge in [-0.25, -0.2) is 0 Å². The molecule has 23 heavy (non-hydrogen) atoms. The van der Waals surface area contributed by atoms with Crippen LogP contribution in [0.1, 0.15) is 17.3 Å². The van der Waals surface area contributed by atoms with Crippen molar-refractivity contribution >= 4 is 17.7 Å². The fraction of sp³-hybridized carbons (Fsp3) is 0.438. The number of hydrogen-bond donors (Lipinski definition) is 1. The minimum Gasteiger partial charge on any atom is -0.496 e. The van der Waals surface area contributed by atoms with Crippen molar-refractivity contribution in [3.63, 3.8) is 0 Å². The van der Waals surface area contributed by atoms with Crippen LogP contribution in [0.3, 0.4) is 0 Å². The van der Waals surface area contributed by atoms with Crippen molar-refractivity contribution in [1.82, 2.24) is 15.1 Å². The molecule has 1 aliphatic rings. The summed E-state index contributed by atoms with van der Waals surface area (Å²) < 4.78 is 5.13. The molecule has 2 rings (SSSR count). The van der Waals surface area contributed by atoms with Gasteiger partial charge in [0.05, 0.1) is 19.2 Å². The number of piperazine rings is 1. The molecule has 1 saturated heterocycles. The Morgan fingerprint density at radius 2 is 1.70 bits per heavy atom. The van der Waals surface area contributed by atoms with Gasteiger partial charge in [0.25, 0.3) is 5.91 Å². The van der Waals surface area contributed by atoms with Crippen LogP contribution in [0.2, 0.25) is 0 Å². The number of hydrogen-bond acceptors (Lipinski definition) is 4. The Hall–Kier alpha value is -2.57. The number of nitrogens with one attached hydrogen (secondary N) is 1. The van der Waals surface area contributed by atoms with E-state index < -0.39 is 0 Å². The molecular weight excluding hydrogens is 298 g/mol. The highest BCUT2D eigenvalue weighted by Crippen LogP contribution is 2.16. The summed E-state index contributed by atoms with van der Waals surface area (Å²) in [5, 5.41) is 2.61. The van der Waals surface area contributed by atoms with Gasteiger partial charge < -0.3 is 19.9 Å². The topological polar surface area (TPSA) is 79.0 Å². The highest BCUT2D eigenvalue weighted by Gasteiger charge is 2.22. The summed E-state index contributed by atoms with van der Waals surface area (Å²) in [5.74, 6) is -0.0243. The summed E-state index contributed by atoms with van der Waals surface area (Å²) in [6, 6.07) is 6.84. The van der Waals surface area contributed by atoms with Gasteiger partial charge in [-0.3, -0.25) is 14.4 Å². The van der Waals surface area contributed by atoms with Crippen LogP contribution in [0.5, 0.6) is 5.75 Å². The number of carbonyl (C=O) groups excluding carboxylic acids is 3. The Balaban J connectivity index is 1.85. The van der Waals surface area contributed by atoms with Gasteiger partial charge in [-0.2, -0.15) is 0 Å². The van der Waals surface area contributed by atoms with E-state index in [0.29, 0.717) is 37.5 Å². The van der Waals surface area contributed by atoms with Crippen molar-refractivity contribution in [2.75, 3.05) is 39.8 Å². The molecule has 0 unspecified atom stereocenters. The Bertz CT molecular complexity index is 595. The number of carbonyl (C=O) groups is 3. The lowest BCUT2D eigenvalue weighted by Crippen LogP contribution is -2.52. The fourth-order valence-electron chi connectivity index (χ4n) is 2.47. The van der Waals surface area contributed by atoms with E-state index in [9.17, 15) is 14.4 Å². The minimum absolute atomic E-state index is 0.0153. The Kier molecular flexibility index (Phi) is 5.56. The van der Waals surface area contributed by atoms with E-state index >= 15 is 0 Å². The Labute approximate surface area is 135 Å². The number of nitrogens with zero attached hydrogens (tertiary/aromatic N) is 2. The first kappa shape index (κ1) is 16.8. The molecule has 1 aliphatic heterocycles. The van der Waals surface area contributed by atoms with E-state index in [0.717, 1.165) is 0 Å². The first-order chi connectivity index (χ1) is 11.0. The summed E-state index contributed by atoms with van der Waals surface area (Å²) in [7, 11) is 1.49. The number of para-hydroxylation sites is 1. The smallest absolute Gasteiger partial charge is 0.255 e. The van der Waals surface area contributed by atoms with Gasteiger partial charge in [0, 0.05) is 33.1 Å². The maximum Gasteiger partial charge on any atom is 0.255 e. The highest BCUT2D eigenvalue weighted by molar-refractivity contribution is 5.98. The van der Waals surface area contributed by atoms with Gasteiger partial charge in [-0.05, 0) is 12.1 Å². The Morgan fingerprint density at radius 3 is 2.30 bits per heavy atom. The van der Waals surface area contributed by atoms with Gasteiger partial charge in [0.15, 0.2) is 0 Å². The van der Waals surface area contributed by atoms with E-state index in [1.54, 1.807) is 34.1 Å². The molecule has 124 valence electrons. The predicted molar refractivity (Wildman–Crippen MR) is 84.2 cm³/mol. The molecule has 1 N–H and O–H groups in total. The molecule has 0 aliphatic carbocycles. The zero-order valence-electron chi connectivity index (χ0n) is 13.4. The molecule has 1 aromatic carbocycles. The molecular formula is C16H21N3O4. The van der Waals surface area contributed by atoms with Crippen LogP contribution in [-0.2, 0) is 9.59 Å². The van der Waals surface area contributed by atoms with E-state index in [1.165, 1.54) is 14.0 Å². The van der Waals surface area contributed by atoms with Crippen molar-refractivity contribution in [3.8, 4) is 5.75 Å². The predicted octanol–water partition coefficient (Wildman–Crippen LogP) is 0.116. The van der Waals surface area contributed by atoms with E-state index in [-0.39, 0.29) is 24.3 Å². The third kappa shape index (κ3) is 4.21. The average molecular weight is 319 g/mol. The number of ether oxygens (including phenoxy) is 1. The summed E-state index contributed by atoms with van der Waals surface area (Å²) in [6.45, 7) is 3.48. The number of rotatable bonds is 4. The zero-order valence-corrected chi connectivity index (χ0v) is 13.4. The SMILES string of the molecule is COc1ccccc1C(=O)NCC(=O)N1CCN(C(C)=O)CC1. The van der Waals surface area contributed by atoms with Crippen LogP contribution in [-0.4, -0.2) is 67.4 Å². The van der Waals surface area contributed by atoms with E-state index in [2.05, 4.69) is 5.32 Å². The molecule has 0 saturated carbocycles. The molecule has 1 heterocycles. The van der Waals surface area contributed by atoms with Crippen molar-refractivity contribution < 1.29 is 19.1 Å². The van der Waals surface area contributed by atoms with Crippen molar-refractivity contribution in [2.24, 2.45) is 0 Å². The fourth-order valence-corrected chi connectivity index (χ4v) is 2.47. The van der Waals surface area contributed by atoms with Gasteiger partial charge in [0.2, 0.25) is 11.8 Å². The van der Waals surface area contributed by atoms with Gasteiger partial charge in [-0.1, -0.05) is 12.1 Å². The van der Waals surface area contributed by atoms with Crippen LogP contribution >= 0.6 is 0 Å². The quantitative estimate of drug-likeness (QED) is 0.855. The van der Waals surface area contributed by atoms with Crippen molar-refractivity contribution in [2.45, 2.75) is 6.92 Å². The second-order valence-electron chi connectivity index (χ2n) is 5.27. The van der Waals surface area contributed by atoms with Crippen LogP contribution in [0.4, 0.5) is 0 Å². The van der Waals surface area contributed by atoms with Gasteiger partial charge in [-0.15, -0.1) is 0 Å². The molecule has 7 nitrogen and oxygen atoms in total. The first-order valence-electron chi connectivity index (χ1n) is 7.47. The molecule has 0 bridgehead atoms. The van der Waals surface area contributed by atoms with E-state index in [1.807, 2.05) is 0 Å². The number of amides is 3. The van der Waals surface area contributed by atoms with Crippen LogP contribution < -0.4 is 10.1 Å². The summed E-state index contributed by atoms with van der Waals surface area (Å²) in [4.78, 5) is 38.9. The molecule has 3 amide bonds. The van der Waals surface area contributed by atoms with Crippen LogP contribution in [0.15, 0.2) is 24.3 Å². The monoisotopic (exact) mass is 319 g/mol. The summed E-state index contributed by atoms with van der Waals surface area (Å²) >= 11 is 0. The normalized spacial score (nSPS) is 14.3. The maximum absolute atomic E-state index is 12.1. The lowest BCUT2D eigenvalue weighted by Gasteiger charge is -2.34.